The number of ether oxygens (including phenoxy) is 2. The molecule has 12 heteroatoms. The Balaban J connectivity index is 2.12. The number of primary amides is 1. The lowest BCUT2D eigenvalue weighted by atomic mass is 10.0. The van der Waals surface area contributed by atoms with Crippen LogP contribution in [0.3, 0.4) is 0 Å². The molecule has 0 saturated carbocycles. The van der Waals surface area contributed by atoms with Crippen molar-refractivity contribution in [3.05, 3.63) is 93.0 Å². The molecule has 10 nitrogen and oxygen atoms in total. The van der Waals surface area contributed by atoms with Crippen LogP contribution in [0.1, 0.15) is 17.2 Å². The zero-order valence-corrected chi connectivity index (χ0v) is 21.0. The Kier molecular flexibility index (Phi) is 8.51. The van der Waals surface area contributed by atoms with Gasteiger partial charge in [0.1, 0.15) is 6.04 Å². The molecule has 190 valence electrons. The predicted octanol–water partition coefficient (Wildman–Crippen LogP) is 3.73. The molecule has 0 aliphatic carbocycles. The largest absolute Gasteiger partial charge is 0.493 e. The van der Waals surface area contributed by atoms with E-state index in [0.29, 0.717) is 10.6 Å². The molecule has 3 aromatic carbocycles. The molecule has 0 aliphatic rings. The molecule has 0 aromatic heterocycles. The van der Waals surface area contributed by atoms with E-state index in [9.17, 15) is 23.3 Å². The van der Waals surface area contributed by atoms with Crippen LogP contribution in [0.25, 0.3) is 0 Å². The van der Waals surface area contributed by atoms with Crippen LogP contribution in [-0.4, -0.2) is 44.3 Å². The molecule has 0 aliphatic heterocycles. The lowest BCUT2D eigenvalue weighted by molar-refractivity contribution is -0.385. The first kappa shape index (κ1) is 26.9. The molecule has 36 heavy (non-hydrogen) atoms. The van der Waals surface area contributed by atoms with Crippen molar-refractivity contribution in [2.45, 2.75) is 17.4 Å². The molecule has 0 fully saturated rings. The first-order valence-corrected chi connectivity index (χ1v) is 12.4. The van der Waals surface area contributed by atoms with Crippen LogP contribution in [0.4, 0.5) is 5.69 Å². The number of hydrogen-bond donors (Lipinski definition) is 1. The number of sulfonamides is 1. The van der Waals surface area contributed by atoms with Crippen molar-refractivity contribution in [2.75, 3.05) is 20.8 Å². The van der Waals surface area contributed by atoms with Gasteiger partial charge in [-0.2, -0.15) is 4.31 Å². The molecule has 3 rings (SSSR count). The van der Waals surface area contributed by atoms with Crippen LogP contribution in [0, 0.1) is 10.1 Å². The van der Waals surface area contributed by atoms with Crippen LogP contribution in [-0.2, 0) is 21.2 Å². The maximum Gasteiger partial charge on any atom is 0.276 e. The standard InChI is InChI=1S/C24H24ClN3O7S/c1-34-21-14-17(20(28(30)31)15-22(21)35-2)12-13-27(23(24(26)29)16-6-4-3-5-7-16)36(32,33)19-10-8-18(25)9-11-19/h3-11,14-15,23H,12-13H2,1-2H3,(H2,26,29). The van der Waals surface area contributed by atoms with E-state index in [-0.39, 0.29) is 40.6 Å². The summed E-state index contributed by atoms with van der Waals surface area (Å²) in [7, 11) is -1.57. The van der Waals surface area contributed by atoms with Gasteiger partial charge < -0.3 is 15.2 Å². The van der Waals surface area contributed by atoms with Crippen molar-refractivity contribution in [3.8, 4) is 11.5 Å². The summed E-state index contributed by atoms with van der Waals surface area (Å²) < 4.78 is 38.8. The number of methoxy groups -OCH3 is 2. The SMILES string of the molecule is COc1cc(CCN(C(C(N)=O)c2ccccc2)S(=O)(=O)c2ccc(Cl)cc2)c([N+](=O)[O-])cc1OC. The Morgan fingerprint density at radius 1 is 1.06 bits per heavy atom. The summed E-state index contributed by atoms with van der Waals surface area (Å²) in [6, 6.07) is 14.9. The Bertz CT molecular complexity index is 1350. The summed E-state index contributed by atoms with van der Waals surface area (Å²) in [4.78, 5) is 23.6. The summed E-state index contributed by atoms with van der Waals surface area (Å²) >= 11 is 5.92. The average molecular weight is 534 g/mol. The molecule has 3 aromatic rings. The molecule has 1 atom stereocenters. The van der Waals surface area contributed by atoms with Crippen LogP contribution in [0.15, 0.2) is 71.6 Å². The van der Waals surface area contributed by atoms with Gasteiger partial charge in [-0.05, 0) is 42.3 Å². The van der Waals surface area contributed by atoms with Gasteiger partial charge in [0, 0.05) is 17.1 Å². The smallest absolute Gasteiger partial charge is 0.276 e. The molecular weight excluding hydrogens is 510 g/mol. The molecule has 0 radical (unpaired) electrons. The minimum Gasteiger partial charge on any atom is -0.493 e. The number of rotatable bonds is 11. The van der Waals surface area contributed by atoms with Crippen LogP contribution in [0.2, 0.25) is 5.02 Å². The number of amides is 1. The second-order valence-corrected chi connectivity index (χ2v) is 9.96. The molecular formula is C24H24ClN3O7S. The average Bonchev–Trinajstić information content (AvgIpc) is 2.86. The summed E-state index contributed by atoms with van der Waals surface area (Å²) in [6.45, 7) is -0.302. The van der Waals surface area contributed by atoms with E-state index in [2.05, 4.69) is 0 Å². The summed E-state index contributed by atoms with van der Waals surface area (Å²) in [5.74, 6) is -0.516. The van der Waals surface area contributed by atoms with E-state index in [4.69, 9.17) is 26.8 Å². The Hall–Kier alpha value is -3.67. The van der Waals surface area contributed by atoms with Gasteiger partial charge in [-0.25, -0.2) is 8.42 Å². The van der Waals surface area contributed by atoms with E-state index in [1.54, 1.807) is 30.3 Å². The van der Waals surface area contributed by atoms with Crippen LogP contribution < -0.4 is 15.2 Å². The zero-order valence-electron chi connectivity index (χ0n) is 19.5. The van der Waals surface area contributed by atoms with E-state index >= 15 is 0 Å². The van der Waals surface area contributed by atoms with E-state index in [1.807, 2.05) is 0 Å². The minimum atomic E-state index is -4.29. The van der Waals surface area contributed by atoms with Crippen molar-refractivity contribution in [1.29, 1.82) is 0 Å². The molecule has 0 heterocycles. The fraction of sp³-hybridized carbons (Fsp3) is 0.208. The monoisotopic (exact) mass is 533 g/mol. The van der Waals surface area contributed by atoms with Gasteiger partial charge in [0.2, 0.25) is 15.9 Å². The normalized spacial score (nSPS) is 12.2. The lowest BCUT2D eigenvalue weighted by Crippen LogP contribution is -2.42. The van der Waals surface area contributed by atoms with Gasteiger partial charge in [0.25, 0.3) is 5.69 Å². The van der Waals surface area contributed by atoms with Gasteiger partial charge in [0.15, 0.2) is 11.5 Å². The van der Waals surface area contributed by atoms with Crippen molar-refractivity contribution in [3.63, 3.8) is 0 Å². The summed E-state index contributed by atoms with van der Waals surface area (Å²) in [6.07, 6.45) is -0.125. The van der Waals surface area contributed by atoms with Crippen molar-refractivity contribution >= 4 is 33.2 Å². The highest BCUT2D eigenvalue weighted by Gasteiger charge is 2.36. The van der Waals surface area contributed by atoms with Crippen molar-refractivity contribution in [2.24, 2.45) is 5.73 Å². The highest BCUT2D eigenvalue weighted by Crippen LogP contribution is 2.36. The molecule has 2 N–H and O–H groups in total. The van der Waals surface area contributed by atoms with E-state index < -0.39 is 26.9 Å². The van der Waals surface area contributed by atoms with Crippen LogP contribution >= 0.6 is 11.6 Å². The fourth-order valence-electron chi connectivity index (χ4n) is 3.75. The maximum atomic E-state index is 13.7. The quantitative estimate of drug-likeness (QED) is 0.292. The van der Waals surface area contributed by atoms with Gasteiger partial charge in [0.05, 0.1) is 30.1 Å². The molecule has 0 bridgehead atoms. The third-order valence-electron chi connectivity index (χ3n) is 5.48. The number of halogens is 1. The van der Waals surface area contributed by atoms with Gasteiger partial charge in [-0.15, -0.1) is 0 Å². The number of carbonyl (C=O) groups excluding carboxylic acids is 1. The highest BCUT2D eigenvalue weighted by molar-refractivity contribution is 7.89. The maximum absolute atomic E-state index is 13.7. The van der Waals surface area contributed by atoms with E-state index in [1.165, 1.54) is 50.6 Å². The molecule has 0 saturated heterocycles. The zero-order chi connectivity index (χ0) is 26.5. The van der Waals surface area contributed by atoms with Crippen LogP contribution in [0.5, 0.6) is 11.5 Å². The van der Waals surface area contributed by atoms with Gasteiger partial charge >= 0.3 is 0 Å². The Morgan fingerprint density at radius 3 is 2.17 bits per heavy atom. The number of nitro groups is 1. The van der Waals surface area contributed by atoms with Gasteiger partial charge in [-0.1, -0.05) is 41.9 Å². The van der Waals surface area contributed by atoms with Crippen molar-refractivity contribution in [1.82, 2.24) is 4.31 Å². The predicted molar refractivity (Wildman–Crippen MR) is 134 cm³/mol. The number of nitro benzene ring substituents is 1. The lowest BCUT2D eigenvalue weighted by Gasteiger charge is -2.29. The third kappa shape index (κ3) is 5.76. The molecule has 0 spiro atoms. The Labute approximate surface area is 213 Å². The Morgan fingerprint density at radius 2 is 1.64 bits per heavy atom. The summed E-state index contributed by atoms with van der Waals surface area (Å²) in [5, 5.41) is 12.1. The first-order valence-electron chi connectivity index (χ1n) is 10.6. The summed E-state index contributed by atoms with van der Waals surface area (Å²) in [5.41, 5.74) is 5.94. The number of nitrogens with zero attached hydrogens (tertiary/aromatic N) is 2. The first-order chi connectivity index (χ1) is 17.1. The topological polar surface area (TPSA) is 142 Å². The van der Waals surface area contributed by atoms with E-state index in [0.717, 1.165) is 4.31 Å². The number of hydrogen-bond acceptors (Lipinski definition) is 7. The highest BCUT2D eigenvalue weighted by atomic mass is 35.5. The molecule has 1 amide bonds. The van der Waals surface area contributed by atoms with Crippen molar-refractivity contribution < 1.29 is 27.6 Å². The molecule has 1 unspecified atom stereocenters. The fourth-order valence-corrected chi connectivity index (χ4v) is 5.46. The number of nitrogens with two attached hydrogens (primary N) is 1. The number of carbonyl (C=O) groups is 1. The minimum absolute atomic E-state index is 0.115. The third-order valence-corrected chi connectivity index (χ3v) is 7.61. The second kappa shape index (κ2) is 11.4. The van der Waals surface area contributed by atoms with Gasteiger partial charge in [-0.3, -0.25) is 14.9 Å². The number of benzene rings is 3. The second-order valence-electron chi connectivity index (χ2n) is 7.63.